The highest BCUT2D eigenvalue weighted by Crippen LogP contribution is 2.29. The van der Waals surface area contributed by atoms with Crippen LogP contribution in [0.1, 0.15) is 11.1 Å². The number of benzene rings is 2. The number of nitrogens with one attached hydrogen (secondary N) is 2. The van der Waals surface area contributed by atoms with Crippen LogP contribution >= 0.6 is 0 Å². The number of guanidine groups is 1. The number of hydrazine groups is 2. The summed E-state index contributed by atoms with van der Waals surface area (Å²) in [5, 5.41) is 8.66. The Morgan fingerprint density at radius 2 is 1.58 bits per heavy atom. The van der Waals surface area contributed by atoms with Crippen molar-refractivity contribution >= 4 is 39.2 Å². The van der Waals surface area contributed by atoms with Crippen molar-refractivity contribution < 1.29 is 4.58 Å². The Balaban J connectivity index is 1.46. The Labute approximate surface area is 210 Å². The summed E-state index contributed by atoms with van der Waals surface area (Å²) < 4.78 is 2.11. The summed E-state index contributed by atoms with van der Waals surface area (Å²) in [6.07, 6.45) is 3.45. The highest BCUT2D eigenvalue weighted by Gasteiger charge is 2.28. The lowest BCUT2D eigenvalue weighted by Gasteiger charge is -2.28. The second-order valence-corrected chi connectivity index (χ2v) is 9.62. The predicted octanol–water partition coefficient (Wildman–Crippen LogP) is -0.0510. The fourth-order valence-corrected chi connectivity index (χ4v) is 5.01. The molecule has 2 aliphatic rings. The van der Waals surface area contributed by atoms with Gasteiger partial charge in [-0.1, -0.05) is 12.1 Å². The number of hydrogen-bond acceptors (Lipinski definition) is 9. The van der Waals surface area contributed by atoms with Crippen LogP contribution < -0.4 is 28.5 Å². The van der Waals surface area contributed by atoms with Crippen molar-refractivity contribution in [1.29, 1.82) is 0 Å². The van der Waals surface area contributed by atoms with E-state index in [-0.39, 0.29) is 6.29 Å². The number of likely N-dealkylation sites (N-methyl/N-ethyl adjacent to an activating group) is 3. The first-order chi connectivity index (χ1) is 17.2. The zero-order valence-electron chi connectivity index (χ0n) is 21.1. The number of rotatable bonds is 5. The summed E-state index contributed by atoms with van der Waals surface area (Å²) in [6, 6.07) is 12.2. The second kappa shape index (κ2) is 9.36. The molecule has 2 aliphatic heterocycles. The van der Waals surface area contributed by atoms with E-state index in [0.29, 0.717) is 11.4 Å². The molecule has 11 nitrogen and oxygen atoms in total. The van der Waals surface area contributed by atoms with Crippen molar-refractivity contribution in [3.05, 3.63) is 59.9 Å². The average Bonchev–Trinajstić information content (AvgIpc) is 3.54. The van der Waals surface area contributed by atoms with Crippen molar-refractivity contribution in [2.45, 2.75) is 6.29 Å². The van der Waals surface area contributed by atoms with Gasteiger partial charge in [0.25, 0.3) is 0 Å². The molecule has 1 aromatic heterocycles. The molecule has 0 radical (unpaired) electrons. The number of nitrogens with zero attached hydrogens (tertiary/aromatic N) is 5. The maximum atomic E-state index is 6.48. The summed E-state index contributed by atoms with van der Waals surface area (Å²) in [5.74, 6) is 13.5. The van der Waals surface area contributed by atoms with Gasteiger partial charge in [0.15, 0.2) is 6.29 Å². The Bertz CT molecular complexity index is 1390. The van der Waals surface area contributed by atoms with Gasteiger partial charge in [-0.2, -0.15) is 10.9 Å². The second-order valence-electron chi connectivity index (χ2n) is 9.62. The van der Waals surface area contributed by atoms with Gasteiger partial charge in [0.1, 0.15) is 6.20 Å². The van der Waals surface area contributed by atoms with Gasteiger partial charge in [0.2, 0.25) is 0 Å². The van der Waals surface area contributed by atoms with Crippen molar-refractivity contribution in [3.63, 3.8) is 0 Å². The topological polar surface area (TPSA) is 148 Å². The molecule has 1 atom stereocenters. The first kappa shape index (κ1) is 23.9. The van der Waals surface area contributed by atoms with Gasteiger partial charge >= 0.3 is 5.96 Å². The molecule has 10 N–H and O–H groups in total. The van der Waals surface area contributed by atoms with E-state index in [2.05, 4.69) is 36.8 Å². The van der Waals surface area contributed by atoms with Gasteiger partial charge in [0.05, 0.1) is 38.6 Å². The van der Waals surface area contributed by atoms with Crippen molar-refractivity contribution in [1.82, 2.24) is 30.1 Å². The zero-order chi connectivity index (χ0) is 25.6. The third kappa shape index (κ3) is 4.33. The monoisotopic (exact) mass is 490 g/mol. The van der Waals surface area contributed by atoms with Crippen LogP contribution in [-0.2, 0) is 0 Å². The number of nitrogens with two attached hydrogens (primary N) is 4. The Morgan fingerprint density at radius 1 is 0.972 bits per heavy atom. The van der Waals surface area contributed by atoms with E-state index in [0.717, 1.165) is 65.1 Å². The summed E-state index contributed by atoms with van der Waals surface area (Å²) >= 11 is 0. The minimum absolute atomic E-state index is 0.0817. The molecule has 11 heteroatoms. The van der Waals surface area contributed by atoms with Crippen LogP contribution in [-0.4, -0.2) is 88.9 Å². The summed E-state index contributed by atoms with van der Waals surface area (Å²) in [4.78, 5) is 7.72. The van der Waals surface area contributed by atoms with Crippen molar-refractivity contribution in [2.75, 3.05) is 47.3 Å². The van der Waals surface area contributed by atoms with E-state index >= 15 is 0 Å². The minimum Gasteiger partial charge on any atom is -0.397 e. The molecular weight excluding hydrogens is 454 g/mol. The molecule has 5 rings (SSSR count). The van der Waals surface area contributed by atoms with Crippen molar-refractivity contribution in [2.24, 2.45) is 23.2 Å². The van der Waals surface area contributed by atoms with Gasteiger partial charge in [-0.25, -0.2) is 5.84 Å². The fraction of sp³-hybridized carbons (Fsp3) is 0.320. The van der Waals surface area contributed by atoms with Crippen LogP contribution in [0.4, 0.5) is 0 Å². The Morgan fingerprint density at radius 3 is 2.11 bits per heavy atom. The standard InChI is InChI=1S/C25H36N11/c1-32-9-8-30-24(32)35(28)14-20(26)16-4-6-22-18(12-16)19-13-17(5-7-23(19)31-22)21(27)15-36(29)25-33(2)10-11-34(25)3/h4-7,12-15,24,30-31H,8-11,26-29H2,1-3H3/q+1/b20-14-,21-15-. The first-order valence-electron chi connectivity index (χ1n) is 12.0. The van der Waals surface area contributed by atoms with Crippen LogP contribution in [0.5, 0.6) is 0 Å². The molecule has 1 saturated heterocycles. The summed E-state index contributed by atoms with van der Waals surface area (Å²) in [5.41, 5.74) is 17.9. The predicted molar refractivity (Wildman–Crippen MR) is 145 cm³/mol. The molecule has 0 amide bonds. The van der Waals surface area contributed by atoms with E-state index in [4.69, 9.17) is 23.2 Å². The largest absolute Gasteiger partial charge is 0.397 e. The van der Waals surface area contributed by atoms with E-state index in [1.165, 1.54) is 0 Å². The molecular formula is C25H36N11+. The fourth-order valence-electron chi connectivity index (χ4n) is 5.01. The molecule has 0 saturated carbocycles. The first-order valence-corrected chi connectivity index (χ1v) is 12.0. The molecule has 0 spiro atoms. The van der Waals surface area contributed by atoms with Gasteiger partial charge < -0.3 is 16.5 Å². The maximum Gasteiger partial charge on any atom is 0.372 e. The highest BCUT2D eigenvalue weighted by molar-refractivity contribution is 6.08. The average molecular weight is 491 g/mol. The third-order valence-electron chi connectivity index (χ3n) is 7.01. The Hall–Kier alpha value is -3.77. The number of H-pyrrole nitrogens is 1. The molecule has 3 aromatic rings. The summed E-state index contributed by atoms with van der Waals surface area (Å²) in [6.45, 7) is 3.66. The SMILES string of the molecule is CN1CC[N+](C)=C1N(N)/C=C(\N)c1ccc2[nH]c3ccc(/C(N)=C/N(N)C4NCCN4C)cc3c2c1. The molecule has 190 valence electrons. The summed E-state index contributed by atoms with van der Waals surface area (Å²) in [7, 11) is 6.06. The van der Waals surface area contributed by atoms with Crippen LogP contribution in [0.25, 0.3) is 33.2 Å². The number of aromatic nitrogens is 1. The van der Waals surface area contributed by atoms with Crippen LogP contribution in [0.15, 0.2) is 48.8 Å². The van der Waals surface area contributed by atoms with Crippen LogP contribution in [0, 0.1) is 0 Å². The molecule has 1 fully saturated rings. The van der Waals surface area contributed by atoms with E-state index < -0.39 is 0 Å². The normalized spacial score (nSPS) is 19.8. The molecule has 2 aromatic carbocycles. The number of hydrogen-bond donors (Lipinski definition) is 6. The molecule has 3 heterocycles. The smallest absolute Gasteiger partial charge is 0.372 e. The van der Waals surface area contributed by atoms with E-state index in [9.17, 15) is 0 Å². The maximum absolute atomic E-state index is 6.48. The molecule has 1 unspecified atom stereocenters. The van der Waals surface area contributed by atoms with Crippen LogP contribution in [0.3, 0.4) is 0 Å². The van der Waals surface area contributed by atoms with Crippen molar-refractivity contribution in [3.8, 4) is 0 Å². The number of aromatic amines is 1. The Kier molecular flexibility index (Phi) is 6.22. The molecule has 36 heavy (non-hydrogen) atoms. The highest BCUT2D eigenvalue weighted by atomic mass is 15.6. The molecule has 0 aliphatic carbocycles. The minimum atomic E-state index is -0.0817. The van der Waals surface area contributed by atoms with Gasteiger partial charge in [-0.05, 0) is 36.9 Å². The quantitative estimate of drug-likeness (QED) is 0.164. The van der Waals surface area contributed by atoms with E-state index in [1.54, 1.807) is 22.4 Å². The lowest BCUT2D eigenvalue weighted by Crippen LogP contribution is -2.50. The lowest BCUT2D eigenvalue weighted by molar-refractivity contribution is -0.491. The lowest BCUT2D eigenvalue weighted by atomic mass is 10.0. The third-order valence-corrected chi connectivity index (χ3v) is 7.01. The van der Waals surface area contributed by atoms with Gasteiger partial charge in [-0.3, -0.25) is 24.7 Å². The van der Waals surface area contributed by atoms with Gasteiger partial charge in [0, 0.05) is 46.7 Å². The van der Waals surface area contributed by atoms with Crippen LogP contribution in [0.2, 0.25) is 0 Å². The zero-order valence-corrected chi connectivity index (χ0v) is 21.1. The van der Waals surface area contributed by atoms with E-state index in [1.807, 2.05) is 45.4 Å². The number of fused-ring (bicyclic) bond motifs is 3. The molecule has 0 bridgehead atoms. The van der Waals surface area contributed by atoms with Gasteiger partial charge in [-0.15, -0.1) is 0 Å².